The second-order valence-electron chi connectivity index (χ2n) is 4.70. The van der Waals surface area contributed by atoms with Crippen LogP contribution in [0.5, 0.6) is 0 Å². The maximum atomic E-state index is 13.7. The van der Waals surface area contributed by atoms with E-state index >= 15 is 0 Å². The van der Waals surface area contributed by atoms with Gasteiger partial charge in [-0.15, -0.1) is 11.3 Å². The molecule has 0 amide bonds. The first kappa shape index (κ1) is 13.3. The van der Waals surface area contributed by atoms with Crippen molar-refractivity contribution in [2.75, 3.05) is 6.54 Å². The van der Waals surface area contributed by atoms with E-state index in [1.54, 1.807) is 17.4 Å². The molecule has 1 aromatic carbocycles. The van der Waals surface area contributed by atoms with Crippen molar-refractivity contribution < 1.29 is 8.81 Å². The molecule has 1 atom stereocenters. The van der Waals surface area contributed by atoms with Crippen LogP contribution in [0.3, 0.4) is 0 Å². The van der Waals surface area contributed by atoms with Gasteiger partial charge in [-0.05, 0) is 30.1 Å². The van der Waals surface area contributed by atoms with Crippen molar-refractivity contribution >= 4 is 22.3 Å². The predicted molar refractivity (Wildman–Crippen MR) is 80.6 cm³/mol. The summed E-state index contributed by atoms with van der Waals surface area (Å²) in [7, 11) is 0. The number of fused-ring (bicyclic) bond motifs is 1. The molecule has 0 saturated carbocycles. The molecule has 0 fully saturated rings. The third kappa shape index (κ3) is 2.62. The molecule has 3 aromatic rings. The molecule has 2 nitrogen and oxygen atoms in total. The Morgan fingerprint density at radius 1 is 1.30 bits per heavy atom. The first-order chi connectivity index (χ1) is 9.78. The topological polar surface area (TPSA) is 25.2 Å². The Kier molecular flexibility index (Phi) is 3.85. The van der Waals surface area contributed by atoms with Gasteiger partial charge in [-0.2, -0.15) is 0 Å². The molecule has 1 N–H and O–H groups in total. The number of furan rings is 1. The van der Waals surface area contributed by atoms with Crippen molar-refractivity contribution in [3.8, 4) is 0 Å². The Bertz CT molecular complexity index is 690. The molecule has 0 aliphatic heterocycles. The Morgan fingerprint density at radius 2 is 2.20 bits per heavy atom. The van der Waals surface area contributed by atoms with Gasteiger partial charge in [0, 0.05) is 16.7 Å². The van der Waals surface area contributed by atoms with Gasteiger partial charge in [0.25, 0.3) is 0 Å². The average Bonchev–Trinajstić information content (AvgIpc) is 3.07. The van der Waals surface area contributed by atoms with Crippen LogP contribution in [0.25, 0.3) is 11.0 Å². The molecule has 0 bridgehead atoms. The summed E-state index contributed by atoms with van der Waals surface area (Å²) < 4.78 is 19.4. The molecule has 0 saturated heterocycles. The SMILES string of the molecule is CCNC(Cc1cccs1)c1cc2cccc(F)c2o1. The van der Waals surface area contributed by atoms with Gasteiger partial charge in [0.2, 0.25) is 0 Å². The van der Waals surface area contributed by atoms with Crippen molar-refractivity contribution in [3.05, 3.63) is 58.2 Å². The molecule has 0 spiro atoms. The molecule has 3 rings (SSSR count). The van der Waals surface area contributed by atoms with Crippen LogP contribution in [-0.4, -0.2) is 6.54 Å². The van der Waals surface area contributed by atoms with Crippen LogP contribution in [0.1, 0.15) is 23.6 Å². The molecule has 20 heavy (non-hydrogen) atoms. The molecule has 1 unspecified atom stereocenters. The number of hydrogen-bond acceptors (Lipinski definition) is 3. The van der Waals surface area contributed by atoms with E-state index in [1.165, 1.54) is 10.9 Å². The van der Waals surface area contributed by atoms with Crippen molar-refractivity contribution in [1.82, 2.24) is 5.32 Å². The third-order valence-corrected chi connectivity index (χ3v) is 4.19. The lowest BCUT2D eigenvalue weighted by Gasteiger charge is -2.14. The smallest absolute Gasteiger partial charge is 0.169 e. The van der Waals surface area contributed by atoms with Crippen LogP contribution in [0.15, 0.2) is 46.2 Å². The van der Waals surface area contributed by atoms with E-state index in [1.807, 2.05) is 18.2 Å². The summed E-state index contributed by atoms with van der Waals surface area (Å²) in [6.07, 6.45) is 0.854. The average molecular weight is 289 g/mol. The lowest BCUT2D eigenvalue weighted by atomic mass is 10.1. The van der Waals surface area contributed by atoms with Gasteiger partial charge in [-0.25, -0.2) is 4.39 Å². The Labute approximate surface area is 121 Å². The maximum absolute atomic E-state index is 13.7. The predicted octanol–water partition coefficient (Wildman–Crippen LogP) is 4.53. The highest BCUT2D eigenvalue weighted by atomic mass is 32.1. The second kappa shape index (κ2) is 5.77. The van der Waals surface area contributed by atoms with Crippen molar-refractivity contribution in [2.45, 2.75) is 19.4 Å². The van der Waals surface area contributed by atoms with Crippen molar-refractivity contribution in [3.63, 3.8) is 0 Å². The number of likely N-dealkylation sites (N-methyl/N-ethyl adjacent to an activating group) is 1. The van der Waals surface area contributed by atoms with Gasteiger partial charge < -0.3 is 9.73 Å². The number of thiophene rings is 1. The Hall–Kier alpha value is -1.65. The third-order valence-electron chi connectivity index (χ3n) is 3.29. The number of halogens is 1. The zero-order valence-electron chi connectivity index (χ0n) is 11.2. The lowest BCUT2D eigenvalue weighted by Crippen LogP contribution is -2.22. The molecule has 0 aliphatic carbocycles. The highest BCUT2D eigenvalue weighted by Gasteiger charge is 2.17. The van der Waals surface area contributed by atoms with E-state index in [9.17, 15) is 4.39 Å². The number of hydrogen-bond donors (Lipinski definition) is 1. The van der Waals surface area contributed by atoms with E-state index < -0.39 is 0 Å². The number of benzene rings is 1. The second-order valence-corrected chi connectivity index (χ2v) is 5.73. The first-order valence-electron chi connectivity index (χ1n) is 6.71. The van der Waals surface area contributed by atoms with Gasteiger partial charge in [0.1, 0.15) is 5.76 Å². The fourth-order valence-corrected chi connectivity index (χ4v) is 3.12. The largest absolute Gasteiger partial charge is 0.456 e. The van der Waals surface area contributed by atoms with E-state index in [0.29, 0.717) is 5.58 Å². The molecule has 0 aliphatic rings. The standard InChI is InChI=1S/C16H16FNOS/c1-2-18-14(10-12-6-4-8-20-12)15-9-11-5-3-7-13(17)16(11)19-15/h3-9,14,18H,2,10H2,1H3. The van der Waals surface area contributed by atoms with E-state index in [0.717, 1.165) is 24.1 Å². The zero-order chi connectivity index (χ0) is 13.9. The number of nitrogens with one attached hydrogen (secondary N) is 1. The summed E-state index contributed by atoms with van der Waals surface area (Å²) in [5, 5.41) is 6.29. The Balaban J connectivity index is 1.94. The van der Waals surface area contributed by atoms with Gasteiger partial charge in [0.05, 0.1) is 6.04 Å². The summed E-state index contributed by atoms with van der Waals surface area (Å²) in [4.78, 5) is 1.29. The summed E-state index contributed by atoms with van der Waals surface area (Å²) in [5.74, 6) is 0.487. The number of para-hydroxylation sites is 1. The van der Waals surface area contributed by atoms with Crippen LogP contribution >= 0.6 is 11.3 Å². The van der Waals surface area contributed by atoms with E-state index in [-0.39, 0.29) is 11.9 Å². The van der Waals surface area contributed by atoms with E-state index in [4.69, 9.17) is 4.42 Å². The molecule has 0 radical (unpaired) electrons. The fourth-order valence-electron chi connectivity index (χ4n) is 2.37. The van der Waals surface area contributed by atoms with Gasteiger partial charge in [-0.1, -0.05) is 25.1 Å². The van der Waals surface area contributed by atoms with Crippen LogP contribution in [0.4, 0.5) is 4.39 Å². The zero-order valence-corrected chi connectivity index (χ0v) is 12.0. The molecular weight excluding hydrogens is 273 g/mol. The minimum atomic E-state index is -0.305. The number of rotatable bonds is 5. The molecule has 2 heterocycles. The minimum Gasteiger partial charge on any atom is -0.456 e. The normalized spacial score (nSPS) is 12.9. The van der Waals surface area contributed by atoms with Crippen LogP contribution in [0.2, 0.25) is 0 Å². The summed E-state index contributed by atoms with van der Waals surface area (Å²) in [5.41, 5.74) is 0.344. The molecular formula is C16H16FNOS. The Morgan fingerprint density at radius 3 is 2.90 bits per heavy atom. The molecule has 104 valence electrons. The lowest BCUT2D eigenvalue weighted by molar-refractivity contribution is 0.429. The monoisotopic (exact) mass is 289 g/mol. The quantitative estimate of drug-likeness (QED) is 0.746. The van der Waals surface area contributed by atoms with E-state index in [2.05, 4.69) is 23.7 Å². The minimum absolute atomic E-state index is 0.0745. The highest BCUT2D eigenvalue weighted by molar-refractivity contribution is 7.09. The van der Waals surface area contributed by atoms with Crippen LogP contribution < -0.4 is 5.32 Å². The fraction of sp³-hybridized carbons (Fsp3) is 0.250. The van der Waals surface area contributed by atoms with Gasteiger partial charge >= 0.3 is 0 Å². The maximum Gasteiger partial charge on any atom is 0.169 e. The summed E-state index contributed by atoms with van der Waals surface area (Å²) in [6.45, 7) is 2.90. The van der Waals surface area contributed by atoms with Gasteiger partial charge in [-0.3, -0.25) is 0 Å². The summed E-state index contributed by atoms with van der Waals surface area (Å²) in [6, 6.07) is 11.2. The summed E-state index contributed by atoms with van der Waals surface area (Å²) >= 11 is 1.73. The van der Waals surface area contributed by atoms with Crippen LogP contribution in [-0.2, 0) is 6.42 Å². The molecule has 4 heteroatoms. The van der Waals surface area contributed by atoms with Crippen molar-refractivity contribution in [1.29, 1.82) is 0 Å². The molecule has 2 aromatic heterocycles. The first-order valence-corrected chi connectivity index (χ1v) is 7.59. The van der Waals surface area contributed by atoms with Gasteiger partial charge in [0.15, 0.2) is 11.4 Å². The highest BCUT2D eigenvalue weighted by Crippen LogP contribution is 2.28. The van der Waals surface area contributed by atoms with Crippen molar-refractivity contribution in [2.24, 2.45) is 0 Å². The van der Waals surface area contributed by atoms with Crippen LogP contribution in [0, 0.1) is 5.82 Å².